The molecular weight excluding hydrogens is 240 g/mol. The molecule has 2 rings (SSSR count). The summed E-state index contributed by atoms with van der Waals surface area (Å²) in [4.78, 5) is 8.54. The van der Waals surface area contributed by atoms with Gasteiger partial charge in [0.1, 0.15) is 5.75 Å². The van der Waals surface area contributed by atoms with Crippen LogP contribution in [0.1, 0.15) is 6.92 Å². The number of anilines is 1. The molecule has 3 N–H and O–H groups in total. The van der Waals surface area contributed by atoms with E-state index in [9.17, 15) is 0 Å². The molecule has 0 bridgehead atoms. The van der Waals surface area contributed by atoms with E-state index in [1.165, 1.54) is 0 Å². The highest BCUT2D eigenvalue weighted by atomic mass is 16.5. The highest BCUT2D eigenvalue weighted by Crippen LogP contribution is 2.28. The molecule has 0 fully saturated rings. The molecule has 0 saturated heterocycles. The van der Waals surface area contributed by atoms with Crippen molar-refractivity contribution in [2.24, 2.45) is 5.73 Å². The smallest absolute Gasteiger partial charge is 0.222 e. The molecule has 0 aliphatic rings. The number of nitrogens with zero attached hydrogens (tertiary/aromatic N) is 2. The predicted octanol–water partition coefficient (Wildman–Crippen LogP) is 1.91. The second kappa shape index (κ2) is 6.15. The molecule has 0 aliphatic heterocycles. The largest absolute Gasteiger partial charge is 0.496 e. The predicted molar refractivity (Wildman–Crippen MR) is 76.2 cm³/mol. The van der Waals surface area contributed by atoms with Gasteiger partial charge in [-0.05, 0) is 13.0 Å². The van der Waals surface area contributed by atoms with Gasteiger partial charge in [-0.1, -0.05) is 18.2 Å². The fourth-order valence-corrected chi connectivity index (χ4v) is 1.69. The van der Waals surface area contributed by atoms with Crippen molar-refractivity contribution < 1.29 is 4.74 Å². The Morgan fingerprint density at radius 1 is 1.26 bits per heavy atom. The van der Waals surface area contributed by atoms with E-state index in [4.69, 9.17) is 10.5 Å². The Labute approximate surface area is 112 Å². The van der Waals surface area contributed by atoms with Crippen LogP contribution in [0.3, 0.4) is 0 Å². The molecule has 0 saturated carbocycles. The van der Waals surface area contributed by atoms with Gasteiger partial charge in [-0.2, -0.15) is 0 Å². The second-order valence-electron chi connectivity index (χ2n) is 4.35. The summed E-state index contributed by atoms with van der Waals surface area (Å²) in [5.74, 6) is 1.39. The Kier molecular flexibility index (Phi) is 4.30. The first-order valence-corrected chi connectivity index (χ1v) is 6.15. The average molecular weight is 258 g/mol. The average Bonchev–Trinajstić information content (AvgIpc) is 2.45. The molecule has 0 spiro atoms. The highest BCUT2D eigenvalue weighted by Gasteiger charge is 2.06. The Hall–Kier alpha value is -2.14. The topological polar surface area (TPSA) is 73.1 Å². The number of benzene rings is 1. The third kappa shape index (κ3) is 3.42. The van der Waals surface area contributed by atoms with Crippen LogP contribution in [0.2, 0.25) is 0 Å². The molecule has 5 nitrogen and oxygen atoms in total. The van der Waals surface area contributed by atoms with Gasteiger partial charge in [0, 0.05) is 36.1 Å². The molecule has 1 unspecified atom stereocenters. The van der Waals surface area contributed by atoms with Gasteiger partial charge in [-0.15, -0.1) is 0 Å². The first kappa shape index (κ1) is 13.3. The third-order valence-corrected chi connectivity index (χ3v) is 2.65. The van der Waals surface area contributed by atoms with E-state index in [0.29, 0.717) is 12.5 Å². The first-order chi connectivity index (χ1) is 9.20. The Morgan fingerprint density at radius 2 is 1.95 bits per heavy atom. The molecule has 1 aromatic carbocycles. The summed E-state index contributed by atoms with van der Waals surface area (Å²) < 4.78 is 5.32. The van der Waals surface area contributed by atoms with Crippen molar-refractivity contribution in [1.82, 2.24) is 9.97 Å². The summed E-state index contributed by atoms with van der Waals surface area (Å²) in [6, 6.07) is 7.85. The highest BCUT2D eigenvalue weighted by molar-refractivity contribution is 5.69. The monoisotopic (exact) mass is 258 g/mol. The number of hydrogen-bond donors (Lipinski definition) is 2. The van der Waals surface area contributed by atoms with E-state index in [0.717, 1.165) is 16.9 Å². The zero-order chi connectivity index (χ0) is 13.7. The summed E-state index contributed by atoms with van der Waals surface area (Å²) >= 11 is 0. The molecule has 1 aromatic heterocycles. The van der Waals surface area contributed by atoms with Crippen molar-refractivity contribution >= 4 is 5.95 Å². The van der Waals surface area contributed by atoms with Crippen molar-refractivity contribution in [2.75, 3.05) is 19.0 Å². The van der Waals surface area contributed by atoms with Gasteiger partial charge in [-0.25, -0.2) is 9.97 Å². The molecule has 1 heterocycles. The lowest BCUT2D eigenvalue weighted by Crippen LogP contribution is -2.25. The van der Waals surface area contributed by atoms with E-state index < -0.39 is 0 Å². The zero-order valence-corrected chi connectivity index (χ0v) is 11.1. The fraction of sp³-hybridized carbons (Fsp3) is 0.286. The van der Waals surface area contributed by atoms with E-state index in [-0.39, 0.29) is 6.04 Å². The molecule has 2 aromatic rings. The van der Waals surface area contributed by atoms with Crippen molar-refractivity contribution in [2.45, 2.75) is 13.0 Å². The number of nitrogens with one attached hydrogen (secondary N) is 1. The molecule has 0 amide bonds. The minimum atomic E-state index is 0.0671. The van der Waals surface area contributed by atoms with Crippen LogP contribution in [0.4, 0.5) is 5.95 Å². The minimum Gasteiger partial charge on any atom is -0.496 e. The maximum absolute atomic E-state index is 5.66. The summed E-state index contributed by atoms with van der Waals surface area (Å²) in [6.45, 7) is 2.57. The summed E-state index contributed by atoms with van der Waals surface area (Å²) in [5, 5.41) is 3.07. The molecule has 0 radical (unpaired) electrons. The van der Waals surface area contributed by atoms with Crippen LogP contribution in [-0.2, 0) is 0 Å². The van der Waals surface area contributed by atoms with Crippen LogP contribution in [0.15, 0.2) is 36.7 Å². The number of rotatable bonds is 5. The van der Waals surface area contributed by atoms with E-state index in [1.807, 2.05) is 31.2 Å². The fourth-order valence-electron chi connectivity index (χ4n) is 1.69. The number of para-hydroxylation sites is 1. The molecular formula is C14H18N4O. The maximum atomic E-state index is 5.66. The Morgan fingerprint density at radius 3 is 2.58 bits per heavy atom. The normalized spacial score (nSPS) is 11.9. The van der Waals surface area contributed by atoms with Crippen LogP contribution in [-0.4, -0.2) is 29.7 Å². The van der Waals surface area contributed by atoms with Crippen LogP contribution in [0, 0.1) is 0 Å². The standard InChI is InChI=1S/C14H18N4O/c1-10(15)7-16-14-17-8-11(9-18-14)12-5-3-4-6-13(12)19-2/h3-6,8-10H,7,15H2,1-2H3,(H,16,17,18). The quantitative estimate of drug-likeness (QED) is 0.857. The maximum Gasteiger partial charge on any atom is 0.222 e. The van der Waals surface area contributed by atoms with Gasteiger partial charge in [0.15, 0.2) is 0 Å². The van der Waals surface area contributed by atoms with Crippen molar-refractivity contribution in [3.63, 3.8) is 0 Å². The van der Waals surface area contributed by atoms with E-state index >= 15 is 0 Å². The number of hydrogen-bond acceptors (Lipinski definition) is 5. The lowest BCUT2D eigenvalue weighted by Gasteiger charge is -2.09. The van der Waals surface area contributed by atoms with Gasteiger partial charge < -0.3 is 15.8 Å². The van der Waals surface area contributed by atoms with Crippen LogP contribution < -0.4 is 15.8 Å². The lowest BCUT2D eigenvalue weighted by molar-refractivity contribution is 0.416. The molecule has 5 heteroatoms. The van der Waals surface area contributed by atoms with Crippen LogP contribution >= 0.6 is 0 Å². The van der Waals surface area contributed by atoms with E-state index in [1.54, 1.807) is 19.5 Å². The SMILES string of the molecule is COc1ccccc1-c1cnc(NCC(C)N)nc1. The number of aromatic nitrogens is 2. The molecule has 1 atom stereocenters. The van der Waals surface area contributed by atoms with Crippen LogP contribution in [0.5, 0.6) is 5.75 Å². The molecule has 19 heavy (non-hydrogen) atoms. The zero-order valence-electron chi connectivity index (χ0n) is 11.1. The number of nitrogens with two attached hydrogens (primary N) is 1. The van der Waals surface area contributed by atoms with Crippen molar-refractivity contribution in [3.05, 3.63) is 36.7 Å². The van der Waals surface area contributed by atoms with Crippen LogP contribution in [0.25, 0.3) is 11.1 Å². The molecule has 0 aliphatic carbocycles. The van der Waals surface area contributed by atoms with Crippen molar-refractivity contribution in [3.8, 4) is 16.9 Å². The van der Waals surface area contributed by atoms with Gasteiger partial charge in [-0.3, -0.25) is 0 Å². The summed E-state index contributed by atoms with van der Waals surface area (Å²) in [6.07, 6.45) is 3.54. The number of ether oxygens (including phenoxy) is 1. The number of methoxy groups -OCH3 is 1. The summed E-state index contributed by atoms with van der Waals surface area (Å²) in [7, 11) is 1.65. The Balaban J connectivity index is 2.18. The molecule has 100 valence electrons. The Bertz CT molecular complexity index is 525. The summed E-state index contributed by atoms with van der Waals surface area (Å²) in [5.41, 5.74) is 7.56. The second-order valence-corrected chi connectivity index (χ2v) is 4.35. The third-order valence-electron chi connectivity index (χ3n) is 2.65. The van der Waals surface area contributed by atoms with E-state index in [2.05, 4.69) is 15.3 Å². The van der Waals surface area contributed by atoms with Gasteiger partial charge in [0.2, 0.25) is 5.95 Å². The minimum absolute atomic E-state index is 0.0671. The van der Waals surface area contributed by atoms with Gasteiger partial charge >= 0.3 is 0 Å². The van der Waals surface area contributed by atoms with Gasteiger partial charge in [0.05, 0.1) is 7.11 Å². The van der Waals surface area contributed by atoms with Gasteiger partial charge in [0.25, 0.3) is 0 Å². The first-order valence-electron chi connectivity index (χ1n) is 6.15. The lowest BCUT2D eigenvalue weighted by atomic mass is 10.1. The van der Waals surface area contributed by atoms with Crippen molar-refractivity contribution in [1.29, 1.82) is 0 Å².